The van der Waals surface area contributed by atoms with E-state index in [4.69, 9.17) is 11.0 Å². The van der Waals surface area contributed by atoms with Gasteiger partial charge in [-0.2, -0.15) is 5.26 Å². The molecule has 0 aliphatic carbocycles. The molecule has 35 heavy (non-hydrogen) atoms. The molecule has 1 aromatic carbocycles. The van der Waals surface area contributed by atoms with Crippen molar-refractivity contribution in [3.05, 3.63) is 41.7 Å². The lowest BCUT2D eigenvalue weighted by Gasteiger charge is -2.35. The molecular formula is C23H26N10O2. The van der Waals surface area contributed by atoms with Crippen LogP contribution in [0.2, 0.25) is 0 Å². The van der Waals surface area contributed by atoms with E-state index in [9.17, 15) is 9.59 Å². The smallest absolute Gasteiger partial charge is 0.248 e. The molecule has 2 aliphatic heterocycles. The number of likely N-dealkylation sites (tertiary alicyclic amines) is 1. The van der Waals surface area contributed by atoms with Crippen LogP contribution in [0.15, 0.2) is 30.6 Å². The number of nitriles is 1. The number of nitrogens with zero attached hydrogens (tertiary/aromatic N) is 9. The Kier molecular flexibility index (Phi) is 6.24. The number of amides is 2. The highest BCUT2D eigenvalue weighted by molar-refractivity contribution is 5.96. The van der Waals surface area contributed by atoms with Crippen molar-refractivity contribution >= 4 is 28.8 Å². The molecule has 180 valence electrons. The monoisotopic (exact) mass is 474 g/mol. The van der Waals surface area contributed by atoms with Crippen LogP contribution >= 0.6 is 0 Å². The minimum atomic E-state index is -0.476. The summed E-state index contributed by atoms with van der Waals surface area (Å²) in [5.41, 5.74) is 7.79. The number of primary amides is 1. The summed E-state index contributed by atoms with van der Waals surface area (Å²) >= 11 is 0. The van der Waals surface area contributed by atoms with Gasteiger partial charge in [-0.1, -0.05) is 5.21 Å². The fourth-order valence-corrected chi connectivity index (χ4v) is 4.69. The van der Waals surface area contributed by atoms with E-state index in [2.05, 4.69) is 25.2 Å². The van der Waals surface area contributed by atoms with Crippen molar-refractivity contribution in [2.45, 2.75) is 13.0 Å². The molecule has 3 aromatic rings. The maximum atomic E-state index is 12.9. The van der Waals surface area contributed by atoms with Gasteiger partial charge in [-0.25, -0.2) is 14.6 Å². The number of rotatable bonds is 6. The number of hydrogen-bond donors (Lipinski definition) is 1. The molecule has 4 heterocycles. The Labute approximate surface area is 201 Å². The molecule has 2 amide bonds. The Balaban J connectivity index is 1.12. The zero-order chi connectivity index (χ0) is 24.4. The van der Waals surface area contributed by atoms with Crippen molar-refractivity contribution in [2.24, 2.45) is 11.7 Å². The van der Waals surface area contributed by atoms with E-state index in [-0.39, 0.29) is 5.91 Å². The number of aromatic nitrogens is 5. The summed E-state index contributed by atoms with van der Waals surface area (Å²) in [7, 11) is 0. The number of piperazine rings is 1. The number of carbonyl (C=O) groups excluding carboxylic acids is 2. The number of benzene rings is 1. The lowest BCUT2D eigenvalue weighted by molar-refractivity contribution is -0.132. The van der Waals surface area contributed by atoms with E-state index in [0.29, 0.717) is 62.3 Å². The molecule has 2 aliphatic rings. The SMILES string of the molecule is N#Cc1cnc(N2CCN(C(=O)CN3CCC(Cn4nnc5ccc(C(N)=O)cc54)C3)CC2)nc1. The third kappa shape index (κ3) is 4.90. The summed E-state index contributed by atoms with van der Waals surface area (Å²) in [4.78, 5) is 39.0. The van der Waals surface area contributed by atoms with E-state index in [1.807, 2.05) is 20.6 Å². The van der Waals surface area contributed by atoms with E-state index >= 15 is 0 Å². The quantitative estimate of drug-likeness (QED) is 0.515. The largest absolute Gasteiger partial charge is 0.366 e. The minimum absolute atomic E-state index is 0.128. The van der Waals surface area contributed by atoms with Crippen LogP contribution in [0.25, 0.3) is 11.0 Å². The van der Waals surface area contributed by atoms with Crippen molar-refractivity contribution in [3.8, 4) is 6.07 Å². The zero-order valence-electron chi connectivity index (χ0n) is 19.2. The second-order valence-corrected chi connectivity index (χ2v) is 8.98. The highest BCUT2D eigenvalue weighted by Gasteiger charge is 2.28. The van der Waals surface area contributed by atoms with E-state index in [0.717, 1.165) is 30.5 Å². The normalized spacial score (nSPS) is 18.7. The Hall–Kier alpha value is -4.11. The first kappa shape index (κ1) is 22.7. The lowest BCUT2D eigenvalue weighted by Crippen LogP contribution is -2.51. The summed E-state index contributed by atoms with van der Waals surface area (Å²) in [6, 6.07) is 7.16. The fourth-order valence-electron chi connectivity index (χ4n) is 4.69. The van der Waals surface area contributed by atoms with Crippen molar-refractivity contribution in [1.82, 2.24) is 34.8 Å². The number of carbonyl (C=O) groups is 2. The molecule has 0 radical (unpaired) electrons. The average molecular weight is 475 g/mol. The van der Waals surface area contributed by atoms with Crippen LogP contribution in [0.5, 0.6) is 0 Å². The highest BCUT2D eigenvalue weighted by atomic mass is 16.2. The molecule has 2 saturated heterocycles. The predicted molar refractivity (Wildman–Crippen MR) is 126 cm³/mol. The summed E-state index contributed by atoms with van der Waals surface area (Å²) in [6.07, 6.45) is 4.00. The number of hydrogen-bond acceptors (Lipinski definition) is 9. The predicted octanol–water partition coefficient (Wildman–Crippen LogP) is -0.137. The van der Waals surface area contributed by atoms with Gasteiger partial charge in [0.05, 0.1) is 30.0 Å². The van der Waals surface area contributed by atoms with Crippen LogP contribution in [0.4, 0.5) is 5.95 Å². The van der Waals surface area contributed by atoms with Crippen molar-refractivity contribution in [1.29, 1.82) is 5.26 Å². The van der Waals surface area contributed by atoms with Gasteiger partial charge in [-0.3, -0.25) is 14.5 Å². The molecule has 5 rings (SSSR count). The molecule has 2 aromatic heterocycles. The first-order valence-corrected chi connectivity index (χ1v) is 11.6. The zero-order valence-corrected chi connectivity index (χ0v) is 19.2. The van der Waals surface area contributed by atoms with E-state index in [1.54, 1.807) is 18.2 Å². The fraction of sp³-hybridized carbons (Fsp3) is 0.435. The molecule has 2 N–H and O–H groups in total. The minimum Gasteiger partial charge on any atom is -0.366 e. The summed E-state index contributed by atoms with van der Waals surface area (Å²) in [5.74, 6) is 0.580. The lowest BCUT2D eigenvalue weighted by atomic mass is 10.1. The Morgan fingerprint density at radius 1 is 1.11 bits per heavy atom. The molecule has 12 nitrogen and oxygen atoms in total. The van der Waals surface area contributed by atoms with Gasteiger partial charge in [0.25, 0.3) is 0 Å². The standard InChI is InChI=1S/C23H26N10O2/c24-10-17-11-26-23(27-12-17)32-7-5-31(6-8-32)21(34)15-30-4-3-16(13-30)14-33-20-9-18(22(25)35)1-2-19(20)28-29-33/h1-2,9,11-12,16H,3-8,13-15H2,(H2,25,35). The molecule has 1 unspecified atom stereocenters. The van der Waals surface area contributed by atoms with Crippen LogP contribution in [0.1, 0.15) is 22.3 Å². The van der Waals surface area contributed by atoms with E-state index < -0.39 is 5.91 Å². The van der Waals surface area contributed by atoms with Gasteiger partial charge in [0.2, 0.25) is 17.8 Å². The van der Waals surface area contributed by atoms with Crippen molar-refractivity contribution < 1.29 is 9.59 Å². The van der Waals surface area contributed by atoms with Crippen molar-refractivity contribution in [3.63, 3.8) is 0 Å². The van der Waals surface area contributed by atoms with Gasteiger partial charge in [-0.05, 0) is 37.1 Å². The Morgan fingerprint density at radius 2 is 1.89 bits per heavy atom. The van der Waals surface area contributed by atoms with Crippen molar-refractivity contribution in [2.75, 3.05) is 50.7 Å². The van der Waals surface area contributed by atoms with E-state index in [1.165, 1.54) is 12.4 Å². The highest BCUT2D eigenvalue weighted by Crippen LogP contribution is 2.21. The molecule has 0 bridgehead atoms. The van der Waals surface area contributed by atoms with Gasteiger partial charge in [0.15, 0.2) is 0 Å². The van der Waals surface area contributed by atoms with Crippen LogP contribution in [0.3, 0.4) is 0 Å². The maximum Gasteiger partial charge on any atom is 0.248 e. The van der Waals surface area contributed by atoms with Crippen LogP contribution in [0, 0.1) is 17.2 Å². The summed E-state index contributed by atoms with van der Waals surface area (Å²) < 4.78 is 1.82. The topological polar surface area (TPSA) is 150 Å². The van der Waals surface area contributed by atoms with Gasteiger partial charge in [-0.15, -0.1) is 5.10 Å². The third-order valence-electron chi connectivity index (χ3n) is 6.64. The van der Waals surface area contributed by atoms with Crippen LogP contribution in [-0.4, -0.2) is 92.4 Å². The van der Waals surface area contributed by atoms with Crippen LogP contribution in [-0.2, 0) is 11.3 Å². The van der Waals surface area contributed by atoms with Gasteiger partial charge < -0.3 is 15.5 Å². The number of nitrogens with two attached hydrogens (primary N) is 1. The summed E-state index contributed by atoms with van der Waals surface area (Å²) in [6.45, 7) is 5.29. The first-order chi connectivity index (χ1) is 17.0. The van der Waals surface area contributed by atoms with Gasteiger partial charge >= 0.3 is 0 Å². The molecular weight excluding hydrogens is 448 g/mol. The van der Waals surface area contributed by atoms with Crippen LogP contribution < -0.4 is 10.6 Å². The average Bonchev–Trinajstić information content (AvgIpc) is 3.50. The third-order valence-corrected chi connectivity index (χ3v) is 6.64. The molecule has 12 heteroatoms. The molecule has 1 atom stereocenters. The van der Waals surface area contributed by atoms with Gasteiger partial charge in [0.1, 0.15) is 11.6 Å². The maximum absolute atomic E-state index is 12.9. The number of fused-ring (bicyclic) bond motifs is 1. The summed E-state index contributed by atoms with van der Waals surface area (Å²) in [5, 5.41) is 17.3. The Morgan fingerprint density at radius 3 is 2.60 bits per heavy atom. The molecule has 0 spiro atoms. The molecule has 2 fully saturated rings. The van der Waals surface area contributed by atoms with Gasteiger partial charge in [0, 0.05) is 44.8 Å². The first-order valence-electron chi connectivity index (χ1n) is 11.6. The number of anilines is 1. The second kappa shape index (κ2) is 9.63. The second-order valence-electron chi connectivity index (χ2n) is 8.98. The Bertz CT molecular complexity index is 1270. The molecule has 0 saturated carbocycles.